The van der Waals surface area contributed by atoms with Crippen LogP contribution in [0.15, 0.2) is 18.2 Å². The predicted molar refractivity (Wildman–Crippen MR) is 87.4 cm³/mol. The van der Waals surface area contributed by atoms with Gasteiger partial charge in [0.05, 0.1) is 4.92 Å². The van der Waals surface area contributed by atoms with Crippen LogP contribution in [0.25, 0.3) is 0 Å². The molecule has 1 aliphatic rings. The molecule has 1 fully saturated rings. The first-order chi connectivity index (χ1) is 10.5. The number of para-hydroxylation sites is 1. The minimum absolute atomic E-state index is 0.201. The second-order valence-corrected chi connectivity index (χ2v) is 5.98. The molecule has 0 atom stereocenters. The molecule has 1 saturated heterocycles. The van der Waals surface area contributed by atoms with Gasteiger partial charge in [-0.05, 0) is 38.8 Å². The Balaban J connectivity index is 2.05. The second-order valence-electron chi connectivity index (χ2n) is 5.98. The average molecular weight is 307 g/mol. The highest BCUT2D eigenvalue weighted by atomic mass is 16.6. The number of rotatable bonds is 6. The van der Waals surface area contributed by atoms with Crippen LogP contribution in [-0.4, -0.2) is 54.3 Å². The Hall–Kier alpha value is -1.66. The van der Waals surface area contributed by atoms with Gasteiger partial charge in [0.25, 0.3) is 5.69 Å². The van der Waals surface area contributed by atoms with Gasteiger partial charge >= 0.3 is 0 Å². The zero-order valence-corrected chi connectivity index (χ0v) is 13.4. The highest BCUT2D eigenvalue weighted by molar-refractivity contribution is 5.67. The van der Waals surface area contributed by atoms with Gasteiger partial charge in [-0.2, -0.15) is 0 Å². The number of nitro benzene ring substituents is 1. The molecule has 0 saturated carbocycles. The van der Waals surface area contributed by atoms with Crippen LogP contribution < -0.4 is 4.90 Å². The summed E-state index contributed by atoms with van der Waals surface area (Å²) in [7, 11) is 2.09. The highest BCUT2D eigenvalue weighted by Gasteiger charge is 2.27. The first-order valence-electron chi connectivity index (χ1n) is 7.84. The Morgan fingerprint density at radius 3 is 2.68 bits per heavy atom. The maximum absolute atomic E-state index is 11.3. The van der Waals surface area contributed by atoms with Gasteiger partial charge in [-0.15, -0.1) is 0 Å². The molecule has 6 heteroatoms. The number of nitro groups is 1. The summed E-state index contributed by atoms with van der Waals surface area (Å²) in [6, 6.07) is 5.75. The normalized spacial score (nSPS) is 16.3. The van der Waals surface area contributed by atoms with Crippen LogP contribution in [0, 0.1) is 17.0 Å². The molecule has 0 unspecified atom stereocenters. The van der Waals surface area contributed by atoms with Gasteiger partial charge in [-0.3, -0.25) is 10.1 Å². The van der Waals surface area contributed by atoms with Crippen LogP contribution in [0.5, 0.6) is 0 Å². The van der Waals surface area contributed by atoms with E-state index in [1.807, 2.05) is 13.0 Å². The molecule has 0 bridgehead atoms. The van der Waals surface area contributed by atoms with Crippen LogP contribution in [0.2, 0.25) is 0 Å². The Labute approximate surface area is 131 Å². The van der Waals surface area contributed by atoms with E-state index in [2.05, 4.69) is 16.8 Å². The third kappa shape index (κ3) is 3.75. The second kappa shape index (κ2) is 7.56. The fourth-order valence-electron chi connectivity index (χ4n) is 3.24. The van der Waals surface area contributed by atoms with Crippen molar-refractivity contribution < 1.29 is 10.0 Å². The molecular formula is C16H25N3O3. The van der Waals surface area contributed by atoms with Crippen molar-refractivity contribution >= 4 is 11.4 Å². The molecule has 0 aromatic heterocycles. The minimum atomic E-state index is -0.290. The van der Waals surface area contributed by atoms with Gasteiger partial charge in [0.2, 0.25) is 0 Å². The van der Waals surface area contributed by atoms with Crippen LogP contribution in [0.3, 0.4) is 0 Å². The van der Waals surface area contributed by atoms with E-state index in [1.54, 1.807) is 12.1 Å². The van der Waals surface area contributed by atoms with Crippen molar-refractivity contribution in [3.8, 4) is 0 Å². The summed E-state index contributed by atoms with van der Waals surface area (Å²) in [5, 5.41) is 20.2. The summed E-state index contributed by atoms with van der Waals surface area (Å²) in [5.74, 6) is 0. The number of aliphatic hydroxyl groups excluding tert-OH is 1. The summed E-state index contributed by atoms with van der Waals surface area (Å²) in [6.45, 7) is 4.71. The molecule has 1 aliphatic heterocycles. The Bertz CT molecular complexity index is 513. The Morgan fingerprint density at radius 1 is 1.41 bits per heavy atom. The number of piperidine rings is 1. The lowest BCUT2D eigenvalue weighted by molar-refractivity contribution is -0.384. The van der Waals surface area contributed by atoms with Crippen molar-refractivity contribution in [3.05, 3.63) is 33.9 Å². The van der Waals surface area contributed by atoms with Crippen molar-refractivity contribution in [2.45, 2.75) is 32.2 Å². The van der Waals surface area contributed by atoms with Gasteiger partial charge in [-0.25, -0.2) is 0 Å². The highest BCUT2D eigenvalue weighted by Crippen LogP contribution is 2.33. The largest absolute Gasteiger partial charge is 0.396 e. The zero-order chi connectivity index (χ0) is 16.1. The predicted octanol–water partition coefficient (Wildman–Crippen LogP) is 2.19. The van der Waals surface area contributed by atoms with Crippen LogP contribution in [0.4, 0.5) is 11.4 Å². The number of aliphatic hydroxyl groups is 1. The summed E-state index contributed by atoms with van der Waals surface area (Å²) >= 11 is 0. The van der Waals surface area contributed by atoms with E-state index in [-0.39, 0.29) is 17.2 Å². The van der Waals surface area contributed by atoms with Crippen molar-refractivity contribution in [1.82, 2.24) is 4.90 Å². The van der Waals surface area contributed by atoms with E-state index in [4.69, 9.17) is 5.11 Å². The molecule has 0 amide bonds. The van der Waals surface area contributed by atoms with Gasteiger partial charge in [0, 0.05) is 38.3 Å². The van der Waals surface area contributed by atoms with Crippen LogP contribution in [-0.2, 0) is 0 Å². The molecule has 0 aliphatic carbocycles. The lowest BCUT2D eigenvalue weighted by Gasteiger charge is -2.38. The number of aryl methyl sites for hydroxylation is 1. The number of hydrogen-bond acceptors (Lipinski definition) is 5. The topological polar surface area (TPSA) is 69.9 Å². The summed E-state index contributed by atoms with van der Waals surface area (Å²) in [5.41, 5.74) is 1.93. The third-order valence-electron chi connectivity index (χ3n) is 4.49. The molecule has 122 valence electrons. The molecular weight excluding hydrogens is 282 g/mol. The first-order valence-corrected chi connectivity index (χ1v) is 7.84. The van der Waals surface area contributed by atoms with E-state index in [0.29, 0.717) is 6.04 Å². The maximum atomic E-state index is 11.3. The monoisotopic (exact) mass is 307 g/mol. The van der Waals surface area contributed by atoms with E-state index in [1.165, 1.54) is 0 Å². The molecule has 1 aromatic carbocycles. The van der Waals surface area contributed by atoms with E-state index in [0.717, 1.165) is 50.1 Å². The number of benzene rings is 1. The molecule has 0 spiro atoms. The molecule has 1 N–H and O–H groups in total. The SMILES string of the molecule is Cc1cccc([N+](=O)[O-])c1N1CCC(N(C)CCCO)CC1. The molecule has 22 heavy (non-hydrogen) atoms. The summed E-state index contributed by atoms with van der Waals surface area (Å²) in [6.07, 6.45) is 2.78. The first kappa shape index (κ1) is 16.7. The number of hydrogen-bond donors (Lipinski definition) is 1. The van der Waals surface area contributed by atoms with Gasteiger partial charge < -0.3 is 14.9 Å². The van der Waals surface area contributed by atoms with Crippen molar-refractivity contribution in [1.29, 1.82) is 0 Å². The number of nitrogens with zero attached hydrogens (tertiary/aromatic N) is 3. The van der Waals surface area contributed by atoms with Gasteiger partial charge in [-0.1, -0.05) is 12.1 Å². The summed E-state index contributed by atoms with van der Waals surface area (Å²) < 4.78 is 0. The number of anilines is 1. The molecule has 6 nitrogen and oxygen atoms in total. The zero-order valence-electron chi connectivity index (χ0n) is 13.4. The Kier molecular flexibility index (Phi) is 5.74. The van der Waals surface area contributed by atoms with E-state index in [9.17, 15) is 10.1 Å². The standard InChI is InChI=1S/C16H25N3O3/c1-13-5-3-6-15(19(21)22)16(13)18-10-7-14(8-11-18)17(2)9-4-12-20/h3,5-6,14,20H,4,7-12H2,1-2H3. The van der Waals surface area contributed by atoms with Crippen molar-refractivity contribution in [2.75, 3.05) is 38.2 Å². The summed E-state index contributed by atoms with van der Waals surface area (Å²) in [4.78, 5) is 15.4. The Morgan fingerprint density at radius 2 is 2.09 bits per heavy atom. The minimum Gasteiger partial charge on any atom is -0.396 e. The maximum Gasteiger partial charge on any atom is 0.292 e. The quantitative estimate of drug-likeness (QED) is 0.644. The molecule has 0 radical (unpaired) electrons. The lowest BCUT2D eigenvalue weighted by atomic mass is 10.0. The van der Waals surface area contributed by atoms with E-state index >= 15 is 0 Å². The average Bonchev–Trinajstić information content (AvgIpc) is 2.52. The van der Waals surface area contributed by atoms with Gasteiger partial charge in [0.15, 0.2) is 0 Å². The van der Waals surface area contributed by atoms with Crippen molar-refractivity contribution in [3.63, 3.8) is 0 Å². The molecule has 1 heterocycles. The van der Waals surface area contributed by atoms with E-state index < -0.39 is 0 Å². The lowest BCUT2D eigenvalue weighted by Crippen LogP contribution is -2.44. The van der Waals surface area contributed by atoms with Crippen LogP contribution in [0.1, 0.15) is 24.8 Å². The van der Waals surface area contributed by atoms with Gasteiger partial charge in [0.1, 0.15) is 5.69 Å². The molecule has 2 rings (SSSR count). The fraction of sp³-hybridized carbons (Fsp3) is 0.625. The van der Waals surface area contributed by atoms with Crippen molar-refractivity contribution in [2.24, 2.45) is 0 Å². The fourth-order valence-corrected chi connectivity index (χ4v) is 3.24. The van der Waals surface area contributed by atoms with Crippen LogP contribution >= 0.6 is 0 Å². The third-order valence-corrected chi connectivity index (χ3v) is 4.49. The molecule has 1 aromatic rings. The smallest absolute Gasteiger partial charge is 0.292 e.